The van der Waals surface area contributed by atoms with Gasteiger partial charge in [0.15, 0.2) is 0 Å². The van der Waals surface area contributed by atoms with Gasteiger partial charge in [-0.15, -0.1) is 0 Å². The van der Waals surface area contributed by atoms with Crippen LogP contribution in [0.1, 0.15) is 11.1 Å². The van der Waals surface area contributed by atoms with Crippen LogP contribution in [0.2, 0.25) is 5.15 Å². The Morgan fingerprint density at radius 2 is 2.18 bits per heavy atom. The first-order valence-corrected chi connectivity index (χ1v) is 6.29. The fourth-order valence-corrected chi connectivity index (χ4v) is 2.00. The fraction of sp³-hybridized carbons (Fsp3) is 0.167. The van der Waals surface area contributed by atoms with Gasteiger partial charge in [0, 0.05) is 11.0 Å². The molecule has 88 valence electrons. The SMILES string of the molecule is Cc1ccc(Br)cc1CNc1cncc(Cl)n1. The lowest BCUT2D eigenvalue weighted by Gasteiger charge is -2.08. The number of rotatable bonds is 3. The van der Waals surface area contributed by atoms with E-state index in [2.05, 4.69) is 50.3 Å². The standard InChI is InChI=1S/C12H11BrClN3/c1-8-2-3-10(13)4-9(8)5-16-12-7-15-6-11(14)17-12/h2-4,6-7H,5H2,1H3,(H,16,17). The average molecular weight is 313 g/mol. The number of hydrogen-bond acceptors (Lipinski definition) is 3. The van der Waals surface area contributed by atoms with Crippen molar-refractivity contribution in [1.29, 1.82) is 0 Å². The molecule has 0 bridgehead atoms. The largest absolute Gasteiger partial charge is 0.365 e. The smallest absolute Gasteiger partial charge is 0.149 e. The second-order valence-electron chi connectivity index (χ2n) is 3.65. The highest BCUT2D eigenvalue weighted by Crippen LogP contribution is 2.17. The number of aryl methyl sites for hydroxylation is 1. The maximum absolute atomic E-state index is 5.76. The first-order chi connectivity index (χ1) is 8.15. The molecular weight excluding hydrogens is 302 g/mol. The quantitative estimate of drug-likeness (QED) is 0.936. The summed E-state index contributed by atoms with van der Waals surface area (Å²) in [6.07, 6.45) is 3.16. The minimum atomic E-state index is 0.390. The Bertz CT molecular complexity index is 531. The Balaban J connectivity index is 2.09. The van der Waals surface area contributed by atoms with Crippen molar-refractivity contribution in [2.24, 2.45) is 0 Å². The van der Waals surface area contributed by atoms with Crippen LogP contribution in [-0.2, 0) is 6.54 Å². The van der Waals surface area contributed by atoms with E-state index in [1.807, 2.05) is 6.07 Å². The molecule has 0 saturated carbocycles. The minimum Gasteiger partial charge on any atom is -0.365 e. The highest BCUT2D eigenvalue weighted by atomic mass is 79.9. The van der Waals surface area contributed by atoms with E-state index in [9.17, 15) is 0 Å². The van der Waals surface area contributed by atoms with Gasteiger partial charge in [-0.05, 0) is 30.2 Å². The molecule has 1 N–H and O–H groups in total. The third-order valence-electron chi connectivity index (χ3n) is 2.38. The summed E-state index contributed by atoms with van der Waals surface area (Å²) in [6.45, 7) is 2.77. The maximum atomic E-state index is 5.76. The van der Waals surface area contributed by atoms with Crippen LogP contribution in [0, 0.1) is 6.92 Å². The summed E-state index contributed by atoms with van der Waals surface area (Å²) in [7, 11) is 0. The summed E-state index contributed by atoms with van der Waals surface area (Å²) >= 11 is 9.22. The molecule has 5 heteroatoms. The lowest BCUT2D eigenvalue weighted by Crippen LogP contribution is -2.03. The third-order valence-corrected chi connectivity index (χ3v) is 3.05. The van der Waals surface area contributed by atoms with Gasteiger partial charge in [-0.3, -0.25) is 4.98 Å². The van der Waals surface area contributed by atoms with Crippen LogP contribution in [-0.4, -0.2) is 9.97 Å². The number of aromatic nitrogens is 2. The van der Waals surface area contributed by atoms with Gasteiger partial charge in [-0.25, -0.2) is 4.98 Å². The summed E-state index contributed by atoms with van der Waals surface area (Å²) in [5.74, 6) is 0.678. The maximum Gasteiger partial charge on any atom is 0.149 e. The Kier molecular flexibility index (Phi) is 3.97. The van der Waals surface area contributed by atoms with Crippen LogP contribution >= 0.6 is 27.5 Å². The zero-order valence-corrected chi connectivity index (χ0v) is 11.6. The van der Waals surface area contributed by atoms with E-state index in [1.165, 1.54) is 17.3 Å². The van der Waals surface area contributed by atoms with E-state index in [0.29, 0.717) is 17.5 Å². The summed E-state index contributed by atoms with van der Waals surface area (Å²) in [5.41, 5.74) is 2.44. The molecule has 0 saturated heterocycles. The molecule has 0 radical (unpaired) electrons. The van der Waals surface area contributed by atoms with E-state index in [1.54, 1.807) is 6.20 Å². The van der Waals surface area contributed by atoms with Crippen LogP contribution in [0.3, 0.4) is 0 Å². The Morgan fingerprint density at radius 1 is 1.35 bits per heavy atom. The number of anilines is 1. The molecule has 17 heavy (non-hydrogen) atoms. The van der Waals surface area contributed by atoms with Gasteiger partial charge in [-0.2, -0.15) is 0 Å². The van der Waals surface area contributed by atoms with Crippen LogP contribution in [0.25, 0.3) is 0 Å². The molecule has 0 spiro atoms. The molecule has 1 aromatic heterocycles. The van der Waals surface area contributed by atoms with Crippen molar-refractivity contribution in [3.63, 3.8) is 0 Å². The van der Waals surface area contributed by atoms with Gasteiger partial charge in [0.2, 0.25) is 0 Å². The molecule has 2 rings (SSSR count). The normalized spacial score (nSPS) is 10.3. The monoisotopic (exact) mass is 311 g/mol. The van der Waals surface area contributed by atoms with Gasteiger partial charge in [-0.1, -0.05) is 33.6 Å². The lowest BCUT2D eigenvalue weighted by atomic mass is 10.1. The number of benzene rings is 1. The average Bonchev–Trinajstić information content (AvgIpc) is 2.30. The van der Waals surface area contributed by atoms with Gasteiger partial charge in [0.05, 0.1) is 12.4 Å². The molecule has 0 aliphatic carbocycles. The van der Waals surface area contributed by atoms with Crippen molar-refractivity contribution < 1.29 is 0 Å². The predicted molar refractivity (Wildman–Crippen MR) is 73.2 cm³/mol. The predicted octanol–water partition coefficient (Wildman–Crippen LogP) is 3.81. The molecular formula is C12H11BrClN3. The number of nitrogens with one attached hydrogen (secondary N) is 1. The van der Waals surface area contributed by atoms with Crippen LogP contribution in [0.15, 0.2) is 35.1 Å². The van der Waals surface area contributed by atoms with Crippen molar-refractivity contribution in [3.05, 3.63) is 51.3 Å². The molecule has 0 aliphatic rings. The van der Waals surface area contributed by atoms with E-state index in [0.717, 1.165) is 4.47 Å². The summed E-state index contributed by atoms with van der Waals surface area (Å²) in [5, 5.41) is 3.58. The Hall–Kier alpha value is -1.13. The highest BCUT2D eigenvalue weighted by molar-refractivity contribution is 9.10. The topological polar surface area (TPSA) is 37.8 Å². The zero-order valence-electron chi connectivity index (χ0n) is 9.24. The Labute approximate surface area is 113 Å². The van der Waals surface area contributed by atoms with Gasteiger partial charge in [0.25, 0.3) is 0 Å². The molecule has 0 aliphatic heterocycles. The molecule has 0 fully saturated rings. The molecule has 1 aromatic carbocycles. The van der Waals surface area contributed by atoms with Gasteiger partial charge >= 0.3 is 0 Å². The van der Waals surface area contributed by atoms with E-state index >= 15 is 0 Å². The third kappa shape index (κ3) is 3.41. The molecule has 3 nitrogen and oxygen atoms in total. The second kappa shape index (κ2) is 5.47. The van der Waals surface area contributed by atoms with Crippen molar-refractivity contribution in [2.75, 3.05) is 5.32 Å². The molecule has 0 unspecified atom stereocenters. The van der Waals surface area contributed by atoms with Crippen molar-refractivity contribution in [1.82, 2.24) is 9.97 Å². The molecule has 0 amide bonds. The minimum absolute atomic E-state index is 0.390. The molecule has 1 heterocycles. The molecule has 0 atom stereocenters. The van der Waals surface area contributed by atoms with Crippen LogP contribution in [0.5, 0.6) is 0 Å². The lowest BCUT2D eigenvalue weighted by molar-refractivity contribution is 1.07. The summed E-state index contributed by atoms with van der Waals surface area (Å²) in [6, 6.07) is 6.18. The summed E-state index contributed by atoms with van der Waals surface area (Å²) < 4.78 is 1.07. The molecule has 2 aromatic rings. The van der Waals surface area contributed by atoms with E-state index in [4.69, 9.17) is 11.6 Å². The van der Waals surface area contributed by atoms with Crippen molar-refractivity contribution in [3.8, 4) is 0 Å². The zero-order chi connectivity index (χ0) is 12.3. The van der Waals surface area contributed by atoms with Crippen molar-refractivity contribution in [2.45, 2.75) is 13.5 Å². The van der Waals surface area contributed by atoms with Crippen LogP contribution < -0.4 is 5.32 Å². The van der Waals surface area contributed by atoms with Gasteiger partial charge < -0.3 is 5.32 Å². The van der Waals surface area contributed by atoms with E-state index in [-0.39, 0.29) is 0 Å². The number of hydrogen-bond donors (Lipinski definition) is 1. The first-order valence-electron chi connectivity index (χ1n) is 5.11. The second-order valence-corrected chi connectivity index (χ2v) is 4.95. The van der Waals surface area contributed by atoms with Gasteiger partial charge in [0.1, 0.15) is 11.0 Å². The fourth-order valence-electron chi connectivity index (χ4n) is 1.44. The number of nitrogens with zero attached hydrogens (tertiary/aromatic N) is 2. The van der Waals surface area contributed by atoms with Crippen LogP contribution in [0.4, 0.5) is 5.82 Å². The first kappa shape index (κ1) is 12.3. The van der Waals surface area contributed by atoms with Crippen molar-refractivity contribution >= 4 is 33.3 Å². The highest BCUT2D eigenvalue weighted by Gasteiger charge is 2.01. The van der Waals surface area contributed by atoms with E-state index < -0.39 is 0 Å². The number of halogens is 2. The summed E-state index contributed by atoms with van der Waals surface area (Å²) in [4.78, 5) is 8.09. The Morgan fingerprint density at radius 3 is 2.94 bits per heavy atom.